The van der Waals surface area contributed by atoms with E-state index in [-0.39, 0.29) is 12.2 Å². The summed E-state index contributed by atoms with van der Waals surface area (Å²) < 4.78 is 18.3. The highest BCUT2D eigenvalue weighted by Crippen LogP contribution is 2.19. The van der Waals surface area contributed by atoms with E-state index in [1.807, 2.05) is 0 Å². The van der Waals surface area contributed by atoms with Crippen LogP contribution in [0.3, 0.4) is 0 Å². The van der Waals surface area contributed by atoms with E-state index in [0.717, 1.165) is 31.5 Å². The number of methoxy groups -OCH3 is 1. The molecule has 1 aromatic rings. The van der Waals surface area contributed by atoms with Crippen molar-refractivity contribution in [2.24, 2.45) is 5.92 Å². The molecule has 0 aromatic heterocycles. The molecule has 1 heterocycles. The molecule has 0 atom stereocenters. The number of carbonyl (C=O) groups is 1. The van der Waals surface area contributed by atoms with Crippen LogP contribution in [0.1, 0.15) is 28.8 Å². The van der Waals surface area contributed by atoms with Crippen molar-refractivity contribution in [3.05, 3.63) is 35.1 Å². The molecule has 1 aliphatic heterocycles. The van der Waals surface area contributed by atoms with E-state index in [2.05, 4.69) is 9.64 Å². The second-order valence-corrected chi connectivity index (χ2v) is 5.21. The molecule has 0 unspecified atom stereocenters. The fourth-order valence-electron chi connectivity index (χ4n) is 2.52. The minimum absolute atomic E-state index is 0.0322. The minimum Gasteiger partial charge on any atom is -0.465 e. The summed E-state index contributed by atoms with van der Waals surface area (Å²) in [5, 5.41) is 9.10. The van der Waals surface area contributed by atoms with Crippen molar-refractivity contribution in [2.75, 3.05) is 26.8 Å². The van der Waals surface area contributed by atoms with Gasteiger partial charge in [0.1, 0.15) is 5.82 Å². The van der Waals surface area contributed by atoms with Crippen LogP contribution >= 0.6 is 0 Å². The average molecular weight is 281 g/mol. The standard InChI is InChI=1S/C15H20FNO3/c1-20-15(19)13-3-2-12(8-14(13)16)9-17-6-4-11(10-18)5-7-17/h2-3,8,11,18H,4-7,9-10H2,1H3. The predicted octanol–water partition coefficient (Wildman–Crippen LogP) is 1.82. The molecule has 1 fully saturated rings. The summed E-state index contributed by atoms with van der Waals surface area (Å²) in [6, 6.07) is 4.62. The molecular weight excluding hydrogens is 261 g/mol. The second-order valence-electron chi connectivity index (χ2n) is 5.21. The van der Waals surface area contributed by atoms with Crippen LogP contribution in [0.4, 0.5) is 4.39 Å². The lowest BCUT2D eigenvalue weighted by Crippen LogP contribution is -2.34. The number of piperidine rings is 1. The highest BCUT2D eigenvalue weighted by Gasteiger charge is 2.19. The van der Waals surface area contributed by atoms with E-state index in [1.54, 1.807) is 6.07 Å². The Morgan fingerprint density at radius 2 is 2.15 bits per heavy atom. The molecule has 4 nitrogen and oxygen atoms in total. The van der Waals surface area contributed by atoms with Gasteiger partial charge in [-0.3, -0.25) is 4.90 Å². The van der Waals surface area contributed by atoms with E-state index in [1.165, 1.54) is 19.2 Å². The summed E-state index contributed by atoms with van der Waals surface area (Å²) >= 11 is 0. The van der Waals surface area contributed by atoms with Gasteiger partial charge in [-0.15, -0.1) is 0 Å². The molecule has 1 aliphatic rings. The van der Waals surface area contributed by atoms with Crippen LogP contribution in [0.5, 0.6) is 0 Å². The number of benzene rings is 1. The number of nitrogens with zero attached hydrogens (tertiary/aromatic N) is 1. The van der Waals surface area contributed by atoms with Gasteiger partial charge in [-0.05, 0) is 49.5 Å². The largest absolute Gasteiger partial charge is 0.465 e. The van der Waals surface area contributed by atoms with Gasteiger partial charge in [0.2, 0.25) is 0 Å². The molecule has 1 saturated heterocycles. The van der Waals surface area contributed by atoms with Gasteiger partial charge in [0.05, 0.1) is 12.7 Å². The van der Waals surface area contributed by atoms with Gasteiger partial charge in [-0.2, -0.15) is 0 Å². The Bertz CT molecular complexity index is 470. The first-order valence-corrected chi connectivity index (χ1v) is 6.84. The number of hydrogen-bond acceptors (Lipinski definition) is 4. The Hall–Kier alpha value is -1.46. The highest BCUT2D eigenvalue weighted by atomic mass is 19.1. The van der Waals surface area contributed by atoms with Crippen LogP contribution in [0.15, 0.2) is 18.2 Å². The maximum absolute atomic E-state index is 13.8. The summed E-state index contributed by atoms with van der Waals surface area (Å²) in [6.45, 7) is 2.73. The third-order valence-corrected chi connectivity index (χ3v) is 3.81. The van der Waals surface area contributed by atoms with Crippen LogP contribution < -0.4 is 0 Å². The monoisotopic (exact) mass is 281 g/mol. The number of halogens is 1. The number of hydrogen-bond donors (Lipinski definition) is 1. The van der Waals surface area contributed by atoms with E-state index in [9.17, 15) is 9.18 Å². The number of ether oxygens (including phenoxy) is 1. The topological polar surface area (TPSA) is 49.8 Å². The third-order valence-electron chi connectivity index (χ3n) is 3.81. The Morgan fingerprint density at radius 1 is 1.45 bits per heavy atom. The molecule has 0 bridgehead atoms. The van der Waals surface area contributed by atoms with Crippen LogP contribution in [0, 0.1) is 11.7 Å². The summed E-state index contributed by atoms with van der Waals surface area (Å²) in [7, 11) is 1.24. The van der Waals surface area contributed by atoms with Crippen molar-refractivity contribution in [1.82, 2.24) is 4.90 Å². The number of rotatable bonds is 4. The van der Waals surface area contributed by atoms with Crippen LogP contribution in [-0.4, -0.2) is 42.8 Å². The normalized spacial score (nSPS) is 17.1. The van der Waals surface area contributed by atoms with E-state index < -0.39 is 11.8 Å². The average Bonchev–Trinajstić information content (AvgIpc) is 2.47. The van der Waals surface area contributed by atoms with Crippen molar-refractivity contribution >= 4 is 5.97 Å². The summed E-state index contributed by atoms with van der Waals surface area (Å²) in [4.78, 5) is 13.5. The van der Waals surface area contributed by atoms with Crippen molar-refractivity contribution in [3.63, 3.8) is 0 Å². The van der Waals surface area contributed by atoms with Crippen molar-refractivity contribution in [3.8, 4) is 0 Å². The molecule has 0 spiro atoms. The number of aliphatic hydroxyl groups is 1. The van der Waals surface area contributed by atoms with Gasteiger partial charge in [0.25, 0.3) is 0 Å². The number of aliphatic hydroxyl groups excluding tert-OH is 1. The first kappa shape index (κ1) is 14.9. The Morgan fingerprint density at radius 3 is 2.70 bits per heavy atom. The zero-order valence-electron chi connectivity index (χ0n) is 11.6. The molecule has 5 heteroatoms. The number of carbonyl (C=O) groups excluding carboxylic acids is 1. The van der Waals surface area contributed by atoms with Gasteiger partial charge in [0, 0.05) is 13.2 Å². The van der Waals surface area contributed by atoms with Gasteiger partial charge in [-0.25, -0.2) is 9.18 Å². The van der Waals surface area contributed by atoms with E-state index in [0.29, 0.717) is 12.5 Å². The quantitative estimate of drug-likeness (QED) is 0.855. The Balaban J connectivity index is 1.97. The summed E-state index contributed by atoms with van der Waals surface area (Å²) in [5.74, 6) is -0.804. The lowest BCUT2D eigenvalue weighted by molar-refractivity contribution is 0.0595. The molecule has 1 aromatic carbocycles. The Labute approximate surface area is 118 Å². The molecule has 0 saturated carbocycles. The zero-order valence-corrected chi connectivity index (χ0v) is 11.6. The molecular formula is C15H20FNO3. The fourth-order valence-corrected chi connectivity index (χ4v) is 2.52. The maximum Gasteiger partial charge on any atom is 0.340 e. The zero-order chi connectivity index (χ0) is 14.5. The molecule has 0 radical (unpaired) electrons. The van der Waals surface area contributed by atoms with E-state index in [4.69, 9.17) is 5.11 Å². The van der Waals surface area contributed by atoms with Crippen LogP contribution in [0.2, 0.25) is 0 Å². The van der Waals surface area contributed by atoms with Crippen molar-refractivity contribution < 1.29 is 19.0 Å². The number of esters is 1. The SMILES string of the molecule is COC(=O)c1ccc(CN2CCC(CO)CC2)cc1F. The maximum atomic E-state index is 13.8. The van der Waals surface area contributed by atoms with Gasteiger partial charge in [-0.1, -0.05) is 6.07 Å². The summed E-state index contributed by atoms with van der Waals surface area (Å²) in [6.07, 6.45) is 1.94. The lowest BCUT2D eigenvalue weighted by Gasteiger charge is -2.31. The van der Waals surface area contributed by atoms with Crippen LogP contribution in [0.25, 0.3) is 0 Å². The molecule has 20 heavy (non-hydrogen) atoms. The van der Waals surface area contributed by atoms with Crippen molar-refractivity contribution in [2.45, 2.75) is 19.4 Å². The van der Waals surface area contributed by atoms with Crippen molar-refractivity contribution in [1.29, 1.82) is 0 Å². The molecule has 0 aliphatic carbocycles. The lowest BCUT2D eigenvalue weighted by atomic mass is 9.97. The second kappa shape index (κ2) is 6.81. The molecule has 2 rings (SSSR count). The number of likely N-dealkylation sites (tertiary alicyclic amines) is 1. The fraction of sp³-hybridized carbons (Fsp3) is 0.533. The first-order chi connectivity index (χ1) is 9.63. The third kappa shape index (κ3) is 3.55. The molecule has 0 amide bonds. The Kier molecular flexibility index (Phi) is 5.09. The first-order valence-electron chi connectivity index (χ1n) is 6.84. The smallest absolute Gasteiger partial charge is 0.340 e. The van der Waals surface area contributed by atoms with Gasteiger partial charge in [0.15, 0.2) is 0 Å². The molecule has 1 N–H and O–H groups in total. The van der Waals surface area contributed by atoms with Gasteiger partial charge < -0.3 is 9.84 Å². The predicted molar refractivity (Wildman–Crippen MR) is 72.8 cm³/mol. The molecule has 110 valence electrons. The minimum atomic E-state index is -0.655. The highest BCUT2D eigenvalue weighted by molar-refractivity contribution is 5.89. The van der Waals surface area contributed by atoms with Gasteiger partial charge >= 0.3 is 5.97 Å². The van der Waals surface area contributed by atoms with Crippen LogP contribution in [-0.2, 0) is 11.3 Å². The van der Waals surface area contributed by atoms with E-state index >= 15 is 0 Å². The summed E-state index contributed by atoms with van der Waals surface area (Å²) in [5.41, 5.74) is 0.813.